The first-order valence-corrected chi connectivity index (χ1v) is 9.42. The zero-order chi connectivity index (χ0) is 18.7. The van der Waals surface area contributed by atoms with Crippen LogP contribution in [-0.2, 0) is 4.79 Å². The van der Waals surface area contributed by atoms with Crippen LogP contribution in [0.25, 0.3) is 0 Å². The minimum atomic E-state index is -0.385. The van der Waals surface area contributed by atoms with Crippen LogP contribution in [0.3, 0.4) is 0 Å². The number of halogens is 3. The lowest BCUT2D eigenvalue weighted by atomic mass is 9.96. The van der Waals surface area contributed by atoms with E-state index >= 15 is 0 Å². The number of carbonyl (C=O) groups excluding carboxylic acids is 2. The number of anilines is 1. The second-order valence-corrected chi connectivity index (χ2v) is 7.53. The van der Waals surface area contributed by atoms with E-state index in [0.717, 1.165) is 10.9 Å². The molecule has 7 heteroatoms. The van der Waals surface area contributed by atoms with Crippen LogP contribution in [0.2, 0.25) is 5.02 Å². The predicted molar refractivity (Wildman–Crippen MR) is 103 cm³/mol. The molecule has 4 nitrogen and oxygen atoms in total. The molecular weight excluding hydrogens is 423 g/mol. The van der Waals surface area contributed by atoms with Gasteiger partial charge in [-0.15, -0.1) is 0 Å². The van der Waals surface area contributed by atoms with E-state index in [-0.39, 0.29) is 23.5 Å². The van der Waals surface area contributed by atoms with E-state index in [2.05, 4.69) is 21.2 Å². The average molecular weight is 440 g/mol. The van der Waals surface area contributed by atoms with Crippen molar-refractivity contribution < 1.29 is 14.0 Å². The van der Waals surface area contributed by atoms with Gasteiger partial charge in [0.1, 0.15) is 5.82 Å². The highest BCUT2D eigenvalue weighted by molar-refractivity contribution is 9.10. The molecule has 26 heavy (non-hydrogen) atoms. The minimum absolute atomic E-state index is 0.161. The van der Waals surface area contributed by atoms with Gasteiger partial charge in [-0.3, -0.25) is 9.59 Å². The number of carbonyl (C=O) groups is 2. The monoisotopic (exact) mass is 438 g/mol. The standard InChI is InChI=1S/C19H17BrClFN2O2/c20-14-5-8-17(16(21)10-14)23-18(25)13-2-1-9-24(11-13)19(26)12-3-6-15(22)7-4-12/h3-8,10,13H,1-2,9,11H2,(H,23,25). The molecule has 0 bridgehead atoms. The highest BCUT2D eigenvalue weighted by Crippen LogP contribution is 2.27. The first-order valence-electron chi connectivity index (χ1n) is 8.25. The number of hydrogen-bond donors (Lipinski definition) is 1. The minimum Gasteiger partial charge on any atom is -0.338 e. The maximum atomic E-state index is 13.0. The summed E-state index contributed by atoms with van der Waals surface area (Å²) in [5.41, 5.74) is 0.963. The fourth-order valence-electron chi connectivity index (χ4n) is 2.98. The van der Waals surface area contributed by atoms with Crippen LogP contribution in [0.4, 0.5) is 10.1 Å². The van der Waals surface area contributed by atoms with Crippen LogP contribution in [0.1, 0.15) is 23.2 Å². The number of hydrogen-bond acceptors (Lipinski definition) is 2. The summed E-state index contributed by atoms with van der Waals surface area (Å²) in [7, 11) is 0. The van der Waals surface area contributed by atoms with Gasteiger partial charge in [0.15, 0.2) is 0 Å². The number of benzene rings is 2. The summed E-state index contributed by atoms with van der Waals surface area (Å²) >= 11 is 9.47. The van der Waals surface area contributed by atoms with Crippen molar-refractivity contribution in [3.05, 3.63) is 63.3 Å². The van der Waals surface area contributed by atoms with Gasteiger partial charge < -0.3 is 10.2 Å². The number of rotatable bonds is 3. The maximum absolute atomic E-state index is 13.0. The number of piperidine rings is 1. The van der Waals surface area contributed by atoms with E-state index in [0.29, 0.717) is 35.8 Å². The summed E-state index contributed by atoms with van der Waals surface area (Å²) in [6.45, 7) is 0.912. The van der Waals surface area contributed by atoms with E-state index < -0.39 is 0 Å². The number of likely N-dealkylation sites (tertiary alicyclic amines) is 1. The van der Waals surface area contributed by atoms with Crippen molar-refractivity contribution in [1.29, 1.82) is 0 Å². The third-order valence-electron chi connectivity index (χ3n) is 4.36. The van der Waals surface area contributed by atoms with Crippen LogP contribution in [0, 0.1) is 11.7 Å². The summed E-state index contributed by atoms with van der Waals surface area (Å²) in [6.07, 6.45) is 1.44. The van der Waals surface area contributed by atoms with Gasteiger partial charge in [-0.05, 0) is 55.3 Å². The summed E-state index contributed by atoms with van der Waals surface area (Å²) in [4.78, 5) is 26.8. The van der Waals surface area contributed by atoms with E-state index in [1.165, 1.54) is 24.3 Å². The molecule has 1 aliphatic heterocycles. The smallest absolute Gasteiger partial charge is 0.253 e. The SMILES string of the molecule is O=C(Nc1ccc(Br)cc1Cl)C1CCCN(C(=O)c2ccc(F)cc2)C1. The average Bonchev–Trinajstić information content (AvgIpc) is 2.64. The Morgan fingerprint density at radius 3 is 2.62 bits per heavy atom. The second kappa shape index (κ2) is 8.18. The summed E-state index contributed by atoms with van der Waals surface area (Å²) in [5.74, 6) is -1.05. The summed E-state index contributed by atoms with van der Waals surface area (Å²) in [6, 6.07) is 10.7. The van der Waals surface area contributed by atoms with Crippen molar-refractivity contribution in [2.24, 2.45) is 5.92 Å². The first kappa shape index (κ1) is 18.9. The zero-order valence-corrected chi connectivity index (χ0v) is 16.2. The predicted octanol–water partition coefficient (Wildman–Crippen LogP) is 4.73. The van der Waals surface area contributed by atoms with E-state index in [1.54, 1.807) is 23.1 Å². The lowest BCUT2D eigenvalue weighted by Crippen LogP contribution is -2.43. The van der Waals surface area contributed by atoms with Crippen LogP contribution in [0.5, 0.6) is 0 Å². The van der Waals surface area contributed by atoms with Crippen LogP contribution >= 0.6 is 27.5 Å². The van der Waals surface area contributed by atoms with Gasteiger partial charge in [0.05, 0.1) is 16.6 Å². The van der Waals surface area contributed by atoms with Gasteiger partial charge >= 0.3 is 0 Å². The molecule has 1 heterocycles. The molecule has 2 aromatic carbocycles. The molecular formula is C19H17BrClFN2O2. The Hall–Kier alpha value is -1.92. The van der Waals surface area contributed by atoms with Gasteiger partial charge in [0.2, 0.25) is 5.91 Å². The number of nitrogens with zero attached hydrogens (tertiary/aromatic N) is 1. The lowest BCUT2D eigenvalue weighted by Gasteiger charge is -2.32. The molecule has 0 radical (unpaired) electrons. The highest BCUT2D eigenvalue weighted by Gasteiger charge is 2.29. The van der Waals surface area contributed by atoms with E-state index in [4.69, 9.17) is 11.6 Å². The van der Waals surface area contributed by atoms with Crippen LogP contribution in [-0.4, -0.2) is 29.8 Å². The molecule has 1 N–H and O–H groups in total. The van der Waals surface area contributed by atoms with E-state index in [9.17, 15) is 14.0 Å². The molecule has 0 spiro atoms. The van der Waals surface area contributed by atoms with Crippen molar-refractivity contribution in [2.75, 3.05) is 18.4 Å². The van der Waals surface area contributed by atoms with Gasteiger partial charge in [-0.25, -0.2) is 4.39 Å². The van der Waals surface area contributed by atoms with Gasteiger partial charge in [-0.2, -0.15) is 0 Å². The molecule has 1 atom stereocenters. The van der Waals surface area contributed by atoms with Crippen LogP contribution in [0.15, 0.2) is 46.9 Å². The third kappa shape index (κ3) is 4.43. The molecule has 2 aromatic rings. The second-order valence-electron chi connectivity index (χ2n) is 6.21. The Balaban J connectivity index is 1.66. The molecule has 3 rings (SSSR count). The third-order valence-corrected chi connectivity index (χ3v) is 5.17. The van der Waals surface area contributed by atoms with Gasteiger partial charge in [0, 0.05) is 23.1 Å². The number of amides is 2. The quantitative estimate of drug-likeness (QED) is 0.751. The zero-order valence-electron chi connectivity index (χ0n) is 13.8. The first-order chi connectivity index (χ1) is 12.4. The fourth-order valence-corrected chi connectivity index (χ4v) is 3.70. The Morgan fingerprint density at radius 2 is 1.92 bits per heavy atom. The lowest BCUT2D eigenvalue weighted by molar-refractivity contribution is -0.121. The molecule has 1 unspecified atom stereocenters. The van der Waals surface area contributed by atoms with Gasteiger partial charge in [0.25, 0.3) is 5.91 Å². The van der Waals surface area contributed by atoms with E-state index in [1.807, 2.05) is 0 Å². The molecule has 0 aliphatic carbocycles. The van der Waals surface area contributed by atoms with Crippen LogP contribution < -0.4 is 5.32 Å². The molecule has 1 saturated heterocycles. The molecule has 2 amide bonds. The Kier molecular flexibility index (Phi) is 5.94. The molecule has 0 saturated carbocycles. The molecule has 1 fully saturated rings. The molecule has 0 aromatic heterocycles. The van der Waals surface area contributed by atoms with Crippen molar-refractivity contribution >= 4 is 45.0 Å². The summed E-state index contributed by atoms with van der Waals surface area (Å²) < 4.78 is 13.9. The largest absolute Gasteiger partial charge is 0.338 e. The van der Waals surface area contributed by atoms with Crippen molar-refractivity contribution in [1.82, 2.24) is 4.90 Å². The van der Waals surface area contributed by atoms with Crippen molar-refractivity contribution in [2.45, 2.75) is 12.8 Å². The molecule has 1 aliphatic rings. The molecule has 136 valence electrons. The Bertz CT molecular complexity index is 829. The van der Waals surface area contributed by atoms with Crippen molar-refractivity contribution in [3.63, 3.8) is 0 Å². The fraction of sp³-hybridized carbons (Fsp3) is 0.263. The van der Waals surface area contributed by atoms with Crippen molar-refractivity contribution in [3.8, 4) is 0 Å². The Labute approximate surface area is 164 Å². The Morgan fingerprint density at radius 1 is 1.19 bits per heavy atom. The normalized spacial score (nSPS) is 17.0. The highest BCUT2D eigenvalue weighted by atomic mass is 79.9. The maximum Gasteiger partial charge on any atom is 0.253 e. The van der Waals surface area contributed by atoms with Gasteiger partial charge in [-0.1, -0.05) is 27.5 Å². The topological polar surface area (TPSA) is 49.4 Å². The number of nitrogens with one attached hydrogen (secondary N) is 1. The summed E-state index contributed by atoms with van der Waals surface area (Å²) in [5, 5.41) is 3.28.